The van der Waals surface area contributed by atoms with E-state index in [4.69, 9.17) is 4.84 Å². The molecule has 1 aliphatic heterocycles. The molecule has 0 N–H and O–H groups in total. The van der Waals surface area contributed by atoms with Gasteiger partial charge >= 0.3 is 0 Å². The van der Waals surface area contributed by atoms with Crippen molar-refractivity contribution in [3.05, 3.63) is 12.3 Å². The summed E-state index contributed by atoms with van der Waals surface area (Å²) in [5.74, 6) is 0. The summed E-state index contributed by atoms with van der Waals surface area (Å²) in [5, 5.41) is 1.82. The normalized spacial score (nSPS) is 24.9. The Hall–Kier alpha value is -0.500. The summed E-state index contributed by atoms with van der Waals surface area (Å²) in [6, 6.07) is 0. The lowest BCUT2D eigenvalue weighted by Crippen LogP contribution is -2.30. The van der Waals surface area contributed by atoms with E-state index in [0.717, 1.165) is 18.7 Å². The minimum atomic E-state index is 0.190. The van der Waals surface area contributed by atoms with Crippen LogP contribution in [0.15, 0.2) is 12.3 Å². The molecule has 0 radical (unpaired) electrons. The van der Waals surface area contributed by atoms with Crippen LogP contribution in [0.3, 0.4) is 0 Å². The fourth-order valence-corrected chi connectivity index (χ4v) is 1.52. The largest absolute Gasteiger partial charge is 0.274 e. The fraction of sp³-hybridized carbons (Fsp3) is 0.800. The number of allylic oxidation sites excluding steroid dienone is 1. The molecule has 1 heterocycles. The first kappa shape index (κ1) is 9.59. The van der Waals surface area contributed by atoms with Crippen LogP contribution in [0, 0.1) is 5.41 Å². The van der Waals surface area contributed by atoms with Gasteiger partial charge in [-0.25, -0.2) is 0 Å². The quantitative estimate of drug-likeness (QED) is 0.552. The second-order valence-corrected chi connectivity index (χ2v) is 4.12. The van der Waals surface area contributed by atoms with E-state index in [1.165, 1.54) is 12.8 Å². The van der Waals surface area contributed by atoms with Gasteiger partial charge in [-0.05, 0) is 12.8 Å². The summed E-state index contributed by atoms with van der Waals surface area (Å²) in [5.41, 5.74) is 1.28. The molecule has 2 nitrogen and oxygen atoms in total. The van der Waals surface area contributed by atoms with Crippen LogP contribution in [0.25, 0.3) is 0 Å². The fourth-order valence-electron chi connectivity index (χ4n) is 1.52. The number of hydrogen-bond acceptors (Lipinski definition) is 2. The van der Waals surface area contributed by atoms with E-state index in [2.05, 4.69) is 20.4 Å². The van der Waals surface area contributed by atoms with Crippen LogP contribution in [0.2, 0.25) is 0 Å². The highest BCUT2D eigenvalue weighted by Gasteiger charge is 2.26. The zero-order chi connectivity index (χ0) is 9.19. The lowest BCUT2D eigenvalue weighted by Gasteiger charge is -2.35. The number of nitrogens with zero attached hydrogens (tertiary/aromatic N) is 1. The summed E-state index contributed by atoms with van der Waals surface area (Å²) >= 11 is 0. The second-order valence-electron chi connectivity index (χ2n) is 4.12. The molecule has 0 spiro atoms. The van der Waals surface area contributed by atoms with Crippen molar-refractivity contribution in [1.29, 1.82) is 0 Å². The van der Waals surface area contributed by atoms with Crippen LogP contribution in [0.4, 0.5) is 0 Å². The van der Waals surface area contributed by atoms with Crippen molar-refractivity contribution < 1.29 is 4.84 Å². The smallest absolute Gasteiger partial charge is 0.0748 e. The maximum Gasteiger partial charge on any atom is 0.0748 e. The Kier molecular flexibility index (Phi) is 2.78. The first-order valence-electron chi connectivity index (χ1n) is 4.60. The highest BCUT2D eigenvalue weighted by molar-refractivity contribution is 5.03. The summed E-state index contributed by atoms with van der Waals surface area (Å²) in [6.07, 6.45) is 3.60. The van der Waals surface area contributed by atoms with E-state index in [9.17, 15) is 0 Å². The van der Waals surface area contributed by atoms with Crippen LogP contribution in [-0.2, 0) is 4.84 Å². The molecule has 0 aromatic heterocycles. The van der Waals surface area contributed by atoms with Gasteiger partial charge in [-0.15, -0.1) is 0 Å². The van der Waals surface area contributed by atoms with Gasteiger partial charge in [-0.3, -0.25) is 9.90 Å². The van der Waals surface area contributed by atoms with Crippen LogP contribution in [0.1, 0.15) is 33.1 Å². The summed E-state index contributed by atoms with van der Waals surface area (Å²) in [7, 11) is 1.94. The van der Waals surface area contributed by atoms with Gasteiger partial charge in [0.15, 0.2) is 0 Å². The molecule has 0 aliphatic carbocycles. The molecule has 0 aromatic rings. The second kappa shape index (κ2) is 3.48. The van der Waals surface area contributed by atoms with Crippen molar-refractivity contribution in [1.82, 2.24) is 5.06 Å². The van der Waals surface area contributed by atoms with Crippen molar-refractivity contribution in [2.24, 2.45) is 5.41 Å². The Balaban J connectivity index is 2.67. The van der Waals surface area contributed by atoms with Gasteiger partial charge in [0.1, 0.15) is 0 Å². The van der Waals surface area contributed by atoms with Gasteiger partial charge in [0.25, 0.3) is 0 Å². The molecule has 12 heavy (non-hydrogen) atoms. The van der Waals surface area contributed by atoms with E-state index >= 15 is 0 Å². The zero-order valence-electron chi connectivity index (χ0n) is 8.39. The Morgan fingerprint density at radius 2 is 2.08 bits per heavy atom. The standard InChI is InChI=1S/C10H19NO/c1-9-10(2,3)7-5-6-8-12-11(9)4/h1,5-8H2,2-4H3. The van der Waals surface area contributed by atoms with E-state index in [1.807, 2.05) is 12.1 Å². The molecule has 0 aromatic carbocycles. The lowest BCUT2D eigenvalue weighted by atomic mass is 9.84. The van der Waals surface area contributed by atoms with Gasteiger partial charge in [0, 0.05) is 18.2 Å². The highest BCUT2D eigenvalue weighted by atomic mass is 16.7. The average molecular weight is 169 g/mol. The van der Waals surface area contributed by atoms with Crippen molar-refractivity contribution in [3.8, 4) is 0 Å². The van der Waals surface area contributed by atoms with Gasteiger partial charge in [0.2, 0.25) is 0 Å². The van der Waals surface area contributed by atoms with Crippen molar-refractivity contribution >= 4 is 0 Å². The van der Waals surface area contributed by atoms with E-state index in [-0.39, 0.29) is 5.41 Å². The van der Waals surface area contributed by atoms with Crippen LogP contribution < -0.4 is 0 Å². The number of hydroxylamine groups is 2. The molecular formula is C10H19NO. The number of hydrogen-bond donors (Lipinski definition) is 0. The van der Waals surface area contributed by atoms with Gasteiger partial charge in [0.05, 0.1) is 6.61 Å². The molecule has 2 heteroatoms. The Morgan fingerprint density at radius 1 is 1.42 bits per heavy atom. The average Bonchev–Trinajstić information content (AvgIpc) is 2.00. The maximum atomic E-state index is 5.46. The molecule has 0 amide bonds. The molecule has 1 saturated heterocycles. The lowest BCUT2D eigenvalue weighted by molar-refractivity contribution is -0.132. The first-order chi connectivity index (χ1) is 5.54. The molecule has 70 valence electrons. The molecular weight excluding hydrogens is 150 g/mol. The highest BCUT2D eigenvalue weighted by Crippen LogP contribution is 2.34. The molecule has 1 rings (SSSR count). The SMILES string of the molecule is C=C1N(C)OCCCCC1(C)C. The molecule has 0 bridgehead atoms. The predicted octanol–water partition coefficient (Wildman–Crippen LogP) is 2.57. The third kappa shape index (κ3) is 2.01. The Labute approximate surface area is 75.2 Å². The van der Waals surface area contributed by atoms with Crippen LogP contribution in [0.5, 0.6) is 0 Å². The Morgan fingerprint density at radius 3 is 2.75 bits per heavy atom. The van der Waals surface area contributed by atoms with Crippen LogP contribution in [-0.4, -0.2) is 18.7 Å². The minimum Gasteiger partial charge on any atom is -0.274 e. The molecule has 0 unspecified atom stereocenters. The van der Waals surface area contributed by atoms with E-state index < -0.39 is 0 Å². The predicted molar refractivity (Wildman–Crippen MR) is 50.5 cm³/mol. The summed E-state index contributed by atoms with van der Waals surface area (Å²) < 4.78 is 0. The van der Waals surface area contributed by atoms with Gasteiger partial charge < -0.3 is 0 Å². The van der Waals surface area contributed by atoms with Gasteiger partial charge in [-0.1, -0.05) is 26.8 Å². The van der Waals surface area contributed by atoms with Crippen LogP contribution >= 0.6 is 0 Å². The van der Waals surface area contributed by atoms with Crippen molar-refractivity contribution in [2.75, 3.05) is 13.7 Å². The monoisotopic (exact) mass is 169 g/mol. The summed E-state index contributed by atoms with van der Waals surface area (Å²) in [6.45, 7) is 9.32. The van der Waals surface area contributed by atoms with Crippen molar-refractivity contribution in [2.45, 2.75) is 33.1 Å². The first-order valence-corrected chi connectivity index (χ1v) is 4.60. The van der Waals surface area contributed by atoms with Crippen molar-refractivity contribution in [3.63, 3.8) is 0 Å². The zero-order valence-corrected chi connectivity index (χ0v) is 8.39. The van der Waals surface area contributed by atoms with E-state index in [1.54, 1.807) is 0 Å². The van der Waals surface area contributed by atoms with E-state index in [0.29, 0.717) is 0 Å². The molecule has 1 fully saturated rings. The number of rotatable bonds is 0. The third-order valence-electron chi connectivity index (χ3n) is 2.64. The maximum absolute atomic E-state index is 5.46. The molecule has 0 saturated carbocycles. The molecule has 0 atom stereocenters. The Bertz CT molecular complexity index is 175. The molecule has 1 aliphatic rings. The third-order valence-corrected chi connectivity index (χ3v) is 2.64. The summed E-state index contributed by atoms with van der Waals surface area (Å²) in [4.78, 5) is 5.46. The van der Waals surface area contributed by atoms with Gasteiger partial charge in [-0.2, -0.15) is 0 Å². The minimum absolute atomic E-state index is 0.190. The topological polar surface area (TPSA) is 12.5 Å².